The molecule has 0 amide bonds. The maximum absolute atomic E-state index is 6.07. The molecule has 2 nitrogen and oxygen atoms in total. The van der Waals surface area contributed by atoms with Crippen molar-refractivity contribution in [1.29, 1.82) is 0 Å². The Kier molecular flexibility index (Phi) is 2.95. The summed E-state index contributed by atoms with van der Waals surface area (Å²) < 4.78 is 6.40. The number of ether oxygens (including phenoxy) is 1. The maximum atomic E-state index is 6.07. The summed E-state index contributed by atoms with van der Waals surface area (Å²) in [5.74, 6) is 2.37. The highest BCUT2D eigenvalue weighted by molar-refractivity contribution is 8.00. The maximum Gasteiger partial charge on any atom is 0.124 e. The molecule has 1 fully saturated rings. The Labute approximate surface area is 107 Å². The smallest absolute Gasteiger partial charge is 0.124 e. The van der Waals surface area contributed by atoms with Crippen molar-refractivity contribution in [3.63, 3.8) is 0 Å². The number of fused-ring (bicyclic) bond motifs is 1. The summed E-state index contributed by atoms with van der Waals surface area (Å²) in [6, 6.07) is 6.33. The van der Waals surface area contributed by atoms with Crippen LogP contribution in [0.15, 0.2) is 18.2 Å². The van der Waals surface area contributed by atoms with Crippen LogP contribution >= 0.6 is 11.8 Å². The minimum Gasteiger partial charge on any atom is -0.492 e. The summed E-state index contributed by atoms with van der Waals surface area (Å²) in [6.07, 6.45) is 3.71. The lowest BCUT2D eigenvalue weighted by Gasteiger charge is -2.23. The van der Waals surface area contributed by atoms with E-state index in [1.165, 1.54) is 29.8 Å². The zero-order valence-corrected chi connectivity index (χ0v) is 11.1. The van der Waals surface area contributed by atoms with Gasteiger partial charge in [0.25, 0.3) is 0 Å². The first kappa shape index (κ1) is 11.3. The molecule has 1 aromatic carbocycles. The van der Waals surface area contributed by atoms with Gasteiger partial charge in [-0.25, -0.2) is 0 Å². The lowest BCUT2D eigenvalue weighted by atomic mass is 10.1. The van der Waals surface area contributed by atoms with Crippen molar-refractivity contribution in [3.05, 3.63) is 23.8 Å². The minimum atomic E-state index is 0.328. The Hall–Kier alpha value is -0.830. The molecule has 1 unspecified atom stereocenters. The first-order valence-corrected chi connectivity index (χ1v) is 7.38. The Morgan fingerprint density at radius 3 is 3.24 bits per heavy atom. The summed E-state index contributed by atoms with van der Waals surface area (Å²) in [7, 11) is 0. The fraction of sp³-hybridized carbons (Fsp3) is 0.571. The molecule has 3 heteroatoms. The first-order chi connectivity index (χ1) is 8.27. The average Bonchev–Trinajstić information content (AvgIpc) is 2.95. The van der Waals surface area contributed by atoms with Gasteiger partial charge in [0.1, 0.15) is 12.4 Å². The number of benzene rings is 1. The highest BCUT2D eigenvalue weighted by Crippen LogP contribution is 2.39. The molecule has 0 bridgehead atoms. The summed E-state index contributed by atoms with van der Waals surface area (Å²) in [6.45, 7) is 4.21. The van der Waals surface area contributed by atoms with Crippen molar-refractivity contribution in [1.82, 2.24) is 0 Å². The van der Waals surface area contributed by atoms with Gasteiger partial charge in [0.2, 0.25) is 0 Å². The van der Waals surface area contributed by atoms with Crippen LogP contribution in [0.25, 0.3) is 0 Å². The van der Waals surface area contributed by atoms with Crippen LogP contribution in [0.4, 0.5) is 5.69 Å². The second kappa shape index (κ2) is 4.45. The van der Waals surface area contributed by atoms with Gasteiger partial charge in [-0.1, -0.05) is 6.07 Å². The predicted octanol–water partition coefficient (Wildman–Crippen LogP) is 3.32. The zero-order valence-electron chi connectivity index (χ0n) is 10.3. The molecular formula is C14H19NOS. The quantitative estimate of drug-likeness (QED) is 0.888. The van der Waals surface area contributed by atoms with Gasteiger partial charge in [0.05, 0.1) is 0 Å². The average molecular weight is 249 g/mol. The van der Waals surface area contributed by atoms with Crippen molar-refractivity contribution < 1.29 is 4.74 Å². The fourth-order valence-corrected chi connectivity index (χ4v) is 3.84. The van der Waals surface area contributed by atoms with Crippen LogP contribution in [0.2, 0.25) is 0 Å². The molecule has 92 valence electrons. The molecule has 1 aromatic rings. The lowest BCUT2D eigenvalue weighted by Crippen LogP contribution is -2.25. The highest BCUT2D eigenvalue weighted by atomic mass is 32.2. The SMILES string of the molecule is CC1(COc2cccc3c2CCN3)CCCS1. The minimum absolute atomic E-state index is 0.328. The number of hydrogen-bond acceptors (Lipinski definition) is 3. The predicted molar refractivity (Wildman–Crippen MR) is 74.2 cm³/mol. The fourth-order valence-electron chi connectivity index (χ4n) is 2.63. The van der Waals surface area contributed by atoms with E-state index in [0.29, 0.717) is 4.75 Å². The van der Waals surface area contributed by atoms with Gasteiger partial charge in [-0.15, -0.1) is 0 Å². The Bertz CT molecular complexity index is 413. The number of rotatable bonds is 3. The largest absolute Gasteiger partial charge is 0.492 e. The van der Waals surface area contributed by atoms with Crippen LogP contribution in [0.1, 0.15) is 25.3 Å². The van der Waals surface area contributed by atoms with Crippen LogP contribution in [0, 0.1) is 0 Å². The molecule has 0 aromatic heterocycles. The molecule has 0 saturated carbocycles. The van der Waals surface area contributed by atoms with E-state index in [9.17, 15) is 0 Å². The van der Waals surface area contributed by atoms with Crippen LogP contribution in [-0.4, -0.2) is 23.7 Å². The molecule has 0 spiro atoms. The van der Waals surface area contributed by atoms with Gasteiger partial charge in [0, 0.05) is 22.5 Å². The van der Waals surface area contributed by atoms with Gasteiger partial charge < -0.3 is 10.1 Å². The van der Waals surface area contributed by atoms with Gasteiger partial charge in [-0.05, 0) is 44.1 Å². The second-order valence-corrected chi connectivity index (χ2v) is 6.83. The molecular weight excluding hydrogens is 230 g/mol. The van der Waals surface area contributed by atoms with E-state index in [0.717, 1.165) is 25.3 Å². The molecule has 0 radical (unpaired) electrons. The van der Waals surface area contributed by atoms with Gasteiger partial charge in [-0.3, -0.25) is 0 Å². The number of anilines is 1. The van der Waals surface area contributed by atoms with Crippen molar-refractivity contribution in [2.45, 2.75) is 30.9 Å². The van der Waals surface area contributed by atoms with Crippen molar-refractivity contribution in [3.8, 4) is 5.75 Å². The van der Waals surface area contributed by atoms with Gasteiger partial charge in [-0.2, -0.15) is 11.8 Å². The van der Waals surface area contributed by atoms with Crippen molar-refractivity contribution in [2.24, 2.45) is 0 Å². The third-order valence-corrected chi connectivity index (χ3v) is 5.17. The molecule has 17 heavy (non-hydrogen) atoms. The summed E-state index contributed by atoms with van der Waals surface area (Å²) in [5.41, 5.74) is 2.62. The van der Waals surface area contributed by atoms with Crippen LogP contribution in [0.5, 0.6) is 5.75 Å². The van der Waals surface area contributed by atoms with Crippen LogP contribution in [-0.2, 0) is 6.42 Å². The normalized spacial score (nSPS) is 26.6. The van der Waals surface area contributed by atoms with E-state index >= 15 is 0 Å². The number of thioether (sulfide) groups is 1. The number of nitrogens with one attached hydrogen (secondary N) is 1. The molecule has 2 aliphatic rings. The summed E-state index contributed by atoms with van der Waals surface area (Å²) >= 11 is 2.06. The van der Waals surface area contributed by atoms with Gasteiger partial charge in [0.15, 0.2) is 0 Å². The third kappa shape index (κ3) is 2.25. The van der Waals surface area contributed by atoms with Crippen LogP contribution < -0.4 is 10.1 Å². The molecule has 2 aliphatic heterocycles. The van der Waals surface area contributed by atoms with E-state index in [2.05, 4.69) is 42.2 Å². The van der Waals surface area contributed by atoms with Crippen LogP contribution in [0.3, 0.4) is 0 Å². The van der Waals surface area contributed by atoms with E-state index in [1.54, 1.807) is 0 Å². The molecule has 3 rings (SSSR count). The molecule has 1 saturated heterocycles. The second-order valence-electron chi connectivity index (χ2n) is 5.15. The van der Waals surface area contributed by atoms with Gasteiger partial charge >= 0.3 is 0 Å². The van der Waals surface area contributed by atoms with E-state index in [-0.39, 0.29) is 0 Å². The Balaban J connectivity index is 1.71. The molecule has 0 aliphatic carbocycles. The molecule has 1 N–H and O–H groups in total. The lowest BCUT2D eigenvalue weighted by molar-refractivity contribution is 0.274. The summed E-state index contributed by atoms with van der Waals surface area (Å²) in [4.78, 5) is 0. The molecule has 2 heterocycles. The monoisotopic (exact) mass is 249 g/mol. The number of hydrogen-bond donors (Lipinski definition) is 1. The first-order valence-electron chi connectivity index (χ1n) is 6.39. The van der Waals surface area contributed by atoms with E-state index < -0.39 is 0 Å². The Morgan fingerprint density at radius 2 is 2.41 bits per heavy atom. The molecule has 1 atom stereocenters. The standard InChI is InChI=1S/C14H19NOS/c1-14(7-3-9-17-14)10-16-13-5-2-4-12-11(13)6-8-15-12/h2,4-5,15H,3,6-10H2,1H3. The van der Waals surface area contributed by atoms with Crippen molar-refractivity contribution in [2.75, 3.05) is 24.2 Å². The van der Waals surface area contributed by atoms with E-state index in [4.69, 9.17) is 4.74 Å². The van der Waals surface area contributed by atoms with E-state index in [1.807, 2.05) is 0 Å². The highest BCUT2D eigenvalue weighted by Gasteiger charge is 2.30. The Morgan fingerprint density at radius 1 is 1.47 bits per heavy atom. The van der Waals surface area contributed by atoms with Crippen molar-refractivity contribution >= 4 is 17.4 Å². The topological polar surface area (TPSA) is 21.3 Å². The zero-order chi connectivity index (χ0) is 11.7. The summed E-state index contributed by atoms with van der Waals surface area (Å²) in [5, 5.41) is 3.39. The third-order valence-electron chi connectivity index (χ3n) is 3.66.